The summed E-state index contributed by atoms with van der Waals surface area (Å²) in [5.41, 5.74) is 0. The quantitative estimate of drug-likeness (QED) is 0.0453. The van der Waals surface area contributed by atoms with Gasteiger partial charge in [-0.1, -0.05) is 196 Å². The van der Waals surface area contributed by atoms with Crippen molar-refractivity contribution in [2.24, 2.45) is 0 Å². The number of rotatable bonds is 7. The summed E-state index contributed by atoms with van der Waals surface area (Å²) in [4.78, 5) is 72.3. The second kappa shape index (κ2) is 115. The van der Waals surface area contributed by atoms with Crippen LogP contribution < -0.4 is 18.6 Å². The zero-order valence-electron chi connectivity index (χ0n) is 58.7. The van der Waals surface area contributed by atoms with Gasteiger partial charge in [-0.3, -0.25) is 24.2 Å². The number of ketones is 3. The smallest absolute Gasteiger partial charge is 0.0346 e. The van der Waals surface area contributed by atoms with Gasteiger partial charge < -0.3 is 44.6 Å². The first-order valence-corrected chi connectivity index (χ1v) is 61.7. The molecule has 8 rings (SSSR count). The Morgan fingerprint density at radius 3 is 0.787 bits per heavy atom. The van der Waals surface area contributed by atoms with Crippen LogP contribution in [0.25, 0.3) is 0 Å². The van der Waals surface area contributed by atoms with E-state index in [1.807, 2.05) is 233 Å². The van der Waals surface area contributed by atoms with Crippen LogP contribution in [-0.4, -0.2) is 253 Å². The van der Waals surface area contributed by atoms with Gasteiger partial charge in [0.25, 0.3) is 0 Å². The number of halogens is 6. The van der Waals surface area contributed by atoms with Gasteiger partial charge in [-0.25, -0.2) is 0 Å². The van der Waals surface area contributed by atoms with Crippen molar-refractivity contribution in [1.82, 2.24) is 29.8 Å². The van der Waals surface area contributed by atoms with Crippen molar-refractivity contribution in [1.29, 1.82) is 0 Å². The van der Waals surface area contributed by atoms with Gasteiger partial charge in [-0.05, 0) is 76.4 Å². The van der Waals surface area contributed by atoms with E-state index < -0.39 is 6.39 Å². The Balaban J connectivity index is -0.0000000696. The number of thiol groups is 1. The molecule has 0 saturated carbocycles. The zero-order chi connectivity index (χ0) is 72.3. The van der Waals surface area contributed by atoms with E-state index in [1.54, 1.807) is 58.3 Å². The van der Waals surface area contributed by atoms with Gasteiger partial charge in [-0.2, -0.15) is 60.7 Å². The number of piperazine rings is 2. The Morgan fingerprint density at radius 1 is 0.521 bits per heavy atom. The maximum absolute atomic E-state index is 11.0. The van der Waals surface area contributed by atoms with Crippen molar-refractivity contribution in [3.63, 3.8) is 0 Å². The van der Waals surface area contributed by atoms with Crippen molar-refractivity contribution < 1.29 is 155 Å². The number of hydrogen-bond donors (Lipinski definition) is 4. The number of aliphatic hydroxyl groups excluding tert-OH is 2. The Kier molecular flexibility index (Phi) is 156. The molecule has 14 nitrogen and oxygen atoms in total. The molecule has 4 aliphatic heterocycles. The third-order valence-electron chi connectivity index (χ3n) is 9.14. The van der Waals surface area contributed by atoms with E-state index in [-0.39, 0.29) is 148 Å². The van der Waals surface area contributed by atoms with Crippen LogP contribution in [0.15, 0.2) is 146 Å². The molecule has 534 valence electrons. The van der Waals surface area contributed by atoms with Crippen LogP contribution in [0, 0.1) is 37.7 Å². The van der Waals surface area contributed by atoms with Gasteiger partial charge in [-0.15, -0.1) is 0 Å². The molecule has 3 N–H and O–H groups in total. The molecule has 94 heavy (non-hydrogen) atoms. The molecule has 0 aliphatic carbocycles. The Morgan fingerprint density at radius 2 is 0.681 bits per heavy atom. The van der Waals surface area contributed by atoms with Crippen molar-refractivity contribution in [3.8, 4) is 0 Å². The summed E-state index contributed by atoms with van der Waals surface area (Å²) >= 11 is 19.3. The first kappa shape index (κ1) is 127. The van der Waals surface area contributed by atoms with E-state index in [4.69, 9.17) is 10.2 Å². The van der Waals surface area contributed by atoms with Gasteiger partial charge in [0.2, 0.25) is 5.91 Å². The van der Waals surface area contributed by atoms with Crippen LogP contribution in [0.2, 0.25) is 0 Å². The van der Waals surface area contributed by atoms with E-state index in [1.165, 1.54) is 27.7 Å². The van der Waals surface area contributed by atoms with E-state index in [2.05, 4.69) is 129 Å². The molecule has 0 atom stereocenters. The summed E-state index contributed by atoms with van der Waals surface area (Å²) in [6, 6.07) is 49.2. The molecule has 4 aromatic rings. The molecule has 4 heterocycles. The predicted octanol–water partition coefficient (Wildman–Crippen LogP) is 9.63. The van der Waals surface area contributed by atoms with Gasteiger partial charge in [0, 0.05) is 230 Å². The van der Waals surface area contributed by atoms with Gasteiger partial charge >= 0.3 is 77.0 Å². The molecule has 8 radical (unpaired) electrons. The second-order valence-electron chi connectivity index (χ2n) is 16.9. The van der Waals surface area contributed by atoms with E-state index in [0.29, 0.717) is 19.3 Å². The summed E-state index contributed by atoms with van der Waals surface area (Å²) in [6.45, 7) is 25.7. The zero-order valence-corrected chi connectivity index (χ0v) is 81.4. The average Bonchev–Trinajstić information content (AvgIpc) is 0.844. The topological polar surface area (TPSA) is 171 Å². The fourth-order valence-corrected chi connectivity index (χ4v) is 5.37. The number of nitrogens with one attached hydrogen (secondary N) is 1. The molecule has 4 aromatic carbocycles. The molecular formula is C63H109ArB4I6N6O8S4Y2-3. The maximum atomic E-state index is 11.0. The van der Waals surface area contributed by atoms with Crippen molar-refractivity contribution in [2.45, 2.75) is 74.4 Å². The molecule has 4 saturated heterocycles. The first-order chi connectivity index (χ1) is 43.6. The molecule has 3 amide bonds. The SMILES string of the molecule is CC.CC.CC(=O)CO.CC(=O)CO.CC(=O)N1CC(N2CCN([C-]=O)CC2)C1.CC(C)=O.CI.CS.CSC.CSC.CSC.I[I-]I(I)I.O=[C-]N1CCN(C2CNC2)CC1.[Ar].[B]B([B])[B].[Y].[Y].c1ccccc1.c1ccccc1.c1ccccc1.c1ccccc1. The minimum absolute atomic E-state index is 0. The number of thioether (sulfide) groups is 3. The Hall–Kier alpha value is 3.61. The largest absolute Gasteiger partial charge is 0.520 e. The van der Waals surface area contributed by atoms with Crippen LogP contribution in [0.5, 0.6) is 0 Å². The number of carbonyl (C=O) groups is 4. The van der Waals surface area contributed by atoms with Crippen LogP contribution in [0.4, 0.5) is 0 Å². The van der Waals surface area contributed by atoms with E-state index >= 15 is 0 Å². The monoisotopic (exact) mass is 2230 g/mol. The van der Waals surface area contributed by atoms with Crippen LogP contribution in [-0.2, 0) is 94.2 Å². The number of nitrogens with zero attached hydrogens (tertiary/aromatic N) is 5. The fourth-order valence-electron chi connectivity index (χ4n) is 5.37. The molecule has 0 spiro atoms. The third kappa shape index (κ3) is 122. The number of amides is 3. The molecule has 0 aromatic heterocycles. The van der Waals surface area contributed by atoms with Crippen molar-refractivity contribution in [2.75, 3.05) is 140 Å². The number of likely N-dealkylation sites (tertiary alicyclic amines) is 1. The third-order valence-corrected chi connectivity index (χ3v) is 91.8. The fraction of sp³-hybridized carbons (Fsp3) is 0.524. The van der Waals surface area contributed by atoms with Gasteiger partial charge in [0.15, 0.2) is 11.6 Å². The summed E-state index contributed by atoms with van der Waals surface area (Å²) < 4.78 is 0. The van der Waals surface area contributed by atoms with Gasteiger partial charge in [0.1, 0.15) is 19.0 Å². The standard InChI is InChI=1S/C10H16N3O2.C8H14N3O.4C6H6.2C3H6O2.C3H6O.3C2H6S.2C2H6.CH3I.CH4S.Ar.B4.I5.2Y/c1-9(15)13-6-10(7-13)12-4-2-11(8-14)3-5-12;12-7-10-1-3-11(4-2-10)8-5-9-6-8;4*1-2-4-6-5-3-1;2*1-3(5)2-4;1-3(2)4;3*1-3-2;4*1-2;;1-4(2)3;1-4-5(2)3;;/h10H,2-7H2,1H3;8-9H,1-6H2;4*1-6H;2*4H,2H2,1H3;1-2H3;3*1-2H3;2*1-2H3;1H3;2H,1H3;;;;;/q2*-1;;;;;;;;;;;;;;;;;-1;;. The summed E-state index contributed by atoms with van der Waals surface area (Å²) in [7, 11) is 13.8. The Labute approximate surface area is 733 Å². The minimum Gasteiger partial charge on any atom is -0.520 e. The summed E-state index contributed by atoms with van der Waals surface area (Å²) in [5, 5.41) is 18.8. The van der Waals surface area contributed by atoms with Crippen molar-refractivity contribution in [3.05, 3.63) is 146 Å². The predicted molar refractivity (Wildman–Crippen MR) is 453 cm³/mol. The average molecular weight is 2230 g/mol. The number of hydrogen-bond acceptors (Lipinski definition) is 15. The molecule has 31 heteroatoms. The van der Waals surface area contributed by atoms with Crippen LogP contribution in [0.1, 0.15) is 62.3 Å². The number of alkyl halides is 1. The van der Waals surface area contributed by atoms with Crippen molar-refractivity contribution >= 4 is 200 Å². The molecule has 0 unspecified atom stereocenters. The first-order valence-electron chi connectivity index (χ1n) is 28.6. The Bertz CT molecular complexity index is 1730. The normalized spacial score (nSPS) is 12.1. The molecule has 4 fully saturated rings. The second-order valence-corrected chi connectivity index (χ2v) is 84.3. The minimum atomic E-state index is -0.667. The number of aliphatic hydroxyl groups is 2. The summed E-state index contributed by atoms with van der Waals surface area (Å²) in [6.07, 6.45) is 17.1. The number of Topliss-reactive ketones (excluding diaryl/α,β-unsaturated/α-hetero) is 3. The molecule has 0 bridgehead atoms. The maximum Gasteiger partial charge on any atom is 0.0346 e. The van der Waals surface area contributed by atoms with E-state index in [9.17, 15) is 28.8 Å². The van der Waals surface area contributed by atoms with Crippen LogP contribution in [0.3, 0.4) is 0 Å². The molecular weight excluding hydrogens is 2120 g/mol. The number of benzene rings is 4. The number of carbonyl (C=O) groups excluding carboxylic acids is 6. The molecule has 4 aliphatic rings. The van der Waals surface area contributed by atoms with Gasteiger partial charge in [0.05, 0.1) is 0 Å². The summed E-state index contributed by atoms with van der Waals surface area (Å²) in [5.74, 6) is -0.0545. The van der Waals surface area contributed by atoms with Crippen LogP contribution >= 0.6 is 134 Å². The van der Waals surface area contributed by atoms with E-state index in [0.717, 1.165) is 84.6 Å².